The Morgan fingerprint density at radius 3 is 2.34 bits per heavy atom. The maximum atomic E-state index is 13.2. The van der Waals surface area contributed by atoms with Crippen LogP contribution in [0.1, 0.15) is 28.2 Å². The Balaban J connectivity index is 1.25. The fourth-order valence-electron chi connectivity index (χ4n) is 4.27. The molecule has 1 aliphatic rings. The number of nitrogens with zero attached hydrogens (tertiary/aromatic N) is 4. The van der Waals surface area contributed by atoms with E-state index in [4.69, 9.17) is 0 Å². The number of halogens is 1. The molecular formula is C25H30FN5O. The maximum absolute atomic E-state index is 13.2. The van der Waals surface area contributed by atoms with E-state index in [-0.39, 0.29) is 11.7 Å². The molecule has 0 radical (unpaired) electrons. The highest BCUT2D eigenvalue weighted by atomic mass is 19.1. The Bertz CT molecular complexity index is 1040. The quantitative estimate of drug-likeness (QED) is 0.577. The highest BCUT2D eigenvalue weighted by molar-refractivity contribution is 5.96. The molecule has 0 atom stereocenters. The van der Waals surface area contributed by atoms with Crippen LogP contribution in [0.2, 0.25) is 0 Å². The number of hydrogen-bond acceptors (Lipinski definition) is 4. The smallest absolute Gasteiger partial charge is 0.255 e. The summed E-state index contributed by atoms with van der Waals surface area (Å²) in [5.41, 5.74) is 4.03. The van der Waals surface area contributed by atoms with E-state index < -0.39 is 0 Å². The molecule has 2 heterocycles. The molecule has 1 amide bonds. The lowest BCUT2D eigenvalue weighted by molar-refractivity contribution is 0.0950. The highest BCUT2D eigenvalue weighted by Crippen LogP contribution is 2.18. The molecule has 1 N–H and O–H groups in total. The van der Waals surface area contributed by atoms with Gasteiger partial charge in [0.2, 0.25) is 0 Å². The Hall–Kier alpha value is -3.19. The number of carbonyl (C=O) groups excluding carboxylic acids is 1. The van der Waals surface area contributed by atoms with Crippen molar-refractivity contribution in [1.82, 2.24) is 20.0 Å². The summed E-state index contributed by atoms with van der Waals surface area (Å²) >= 11 is 0. The van der Waals surface area contributed by atoms with E-state index in [1.54, 1.807) is 16.8 Å². The molecule has 6 nitrogen and oxygen atoms in total. The summed E-state index contributed by atoms with van der Waals surface area (Å²) in [4.78, 5) is 17.7. The molecule has 0 bridgehead atoms. The Morgan fingerprint density at radius 1 is 0.969 bits per heavy atom. The van der Waals surface area contributed by atoms with Crippen LogP contribution in [0.5, 0.6) is 0 Å². The van der Waals surface area contributed by atoms with Gasteiger partial charge in [0.05, 0.1) is 22.6 Å². The van der Waals surface area contributed by atoms with Crippen molar-refractivity contribution in [3.05, 3.63) is 77.4 Å². The average molecular weight is 436 g/mol. The molecule has 0 unspecified atom stereocenters. The topological polar surface area (TPSA) is 53.4 Å². The first-order valence-electron chi connectivity index (χ1n) is 11.2. The van der Waals surface area contributed by atoms with Crippen molar-refractivity contribution in [2.24, 2.45) is 0 Å². The van der Waals surface area contributed by atoms with Crippen LogP contribution in [-0.4, -0.2) is 59.9 Å². The number of rotatable bonds is 7. The van der Waals surface area contributed by atoms with Crippen LogP contribution in [0.25, 0.3) is 5.69 Å². The highest BCUT2D eigenvalue weighted by Gasteiger charge is 2.20. The van der Waals surface area contributed by atoms with Gasteiger partial charge >= 0.3 is 0 Å². The van der Waals surface area contributed by atoms with Gasteiger partial charge in [-0.2, -0.15) is 5.10 Å². The van der Waals surface area contributed by atoms with E-state index in [1.807, 2.05) is 19.9 Å². The van der Waals surface area contributed by atoms with Gasteiger partial charge in [-0.1, -0.05) is 18.2 Å². The number of aromatic nitrogens is 2. The van der Waals surface area contributed by atoms with Crippen LogP contribution in [0.15, 0.2) is 54.6 Å². The lowest BCUT2D eigenvalue weighted by atomic mass is 10.2. The first-order chi connectivity index (χ1) is 15.5. The van der Waals surface area contributed by atoms with Crippen molar-refractivity contribution in [2.45, 2.75) is 20.3 Å². The second-order valence-electron chi connectivity index (χ2n) is 8.21. The summed E-state index contributed by atoms with van der Waals surface area (Å²) < 4.78 is 14.9. The predicted octanol–water partition coefficient (Wildman–Crippen LogP) is 3.57. The number of nitrogens with one attached hydrogen (secondary N) is 1. The average Bonchev–Trinajstić information content (AvgIpc) is 3.12. The van der Waals surface area contributed by atoms with Crippen molar-refractivity contribution in [3.8, 4) is 5.69 Å². The van der Waals surface area contributed by atoms with Gasteiger partial charge in [-0.15, -0.1) is 0 Å². The molecule has 2 aromatic carbocycles. The van der Waals surface area contributed by atoms with Crippen molar-refractivity contribution >= 4 is 11.6 Å². The molecule has 7 heteroatoms. The molecule has 32 heavy (non-hydrogen) atoms. The van der Waals surface area contributed by atoms with Crippen LogP contribution in [0, 0.1) is 19.7 Å². The first-order valence-corrected chi connectivity index (χ1v) is 11.2. The number of hydrogen-bond donors (Lipinski definition) is 1. The summed E-state index contributed by atoms with van der Waals surface area (Å²) in [5.74, 6) is -0.406. The van der Waals surface area contributed by atoms with Gasteiger partial charge in [-0.25, -0.2) is 9.07 Å². The summed E-state index contributed by atoms with van der Waals surface area (Å²) in [6.07, 6.45) is 0.904. The van der Waals surface area contributed by atoms with E-state index in [0.717, 1.165) is 50.5 Å². The monoisotopic (exact) mass is 435 g/mol. The van der Waals surface area contributed by atoms with Crippen LogP contribution >= 0.6 is 0 Å². The molecule has 168 valence electrons. The molecule has 3 aromatic rings. The number of benzene rings is 2. The molecule has 0 aliphatic carbocycles. The number of piperazine rings is 1. The third-order valence-corrected chi connectivity index (χ3v) is 6.02. The van der Waals surface area contributed by atoms with E-state index >= 15 is 0 Å². The normalized spacial score (nSPS) is 14.5. The predicted molar refractivity (Wildman–Crippen MR) is 125 cm³/mol. The molecule has 1 aliphatic heterocycles. The lowest BCUT2D eigenvalue weighted by Gasteiger charge is -2.36. The number of aryl methyl sites for hydroxylation is 1. The zero-order valence-electron chi connectivity index (χ0n) is 18.7. The van der Waals surface area contributed by atoms with Crippen LogP contribution in [0.3, 0.4) is 0 Å². The van der Waals surface area contributed by atoms with Crippen LogP contribution < -0.4 is 10.2 Å². The van der Waals surface area contributed by atoms with Crippen LogP contribution in [-0.2, 0) is 0 Å². The third kappa shape index (κ3) is 4.99. The van der Waals surface area contributed by atoms with E-state index in [9.17, 15) is 9.18 Å². The Labute approximate surface area is 188 Å². The molecule has 0 saturated carbocycles. The van der Waals surface area contributed by atoms with Crippen molar-refractivity contribution in [2.75, 3.05) is 44.2 Å². The minimum absolute atomic E-state index is 0.109. The third-order valence-electron chi connectivity index (χ3n) is 6.02. The summed E-state index contributed by atoms with van der Waals surface area (Å²) in [7, 11) is 0. The SMILES string of the molecule is Cc1nn(-c2ccc(F)cc2)c(C)c1C(=O)NCCCN1CCN(c2ccccc2)CC1. The van der Waals surface area contributed by atoms with Crippen LogP contribution in [0.4, 0.5) is 10.1 Å². The lowest BCUT2D eigenvalue weighted by Crippen LogP contribution is -2.47. The number of para-hydroxylation sites is 1. The molecule has 1 fully saturated rings. The van der Waals surface area contributed by atoms with E-state index in [2.05, 4.69) is 44.5 Å². The van der Waals surface area contributed by atoms with Gasteiger partial charge in [0.1, 0.15) is 5.82 Å². The Morgan fingerprint density at radius 2 is 1.66 bits per heavy atom. The number of amides is 1. The van der Waals surface area contributed by atoms with Crippen molar-refractivity contribution in [1.29, 1.82) is 0 Å². The van der Waals surface area contributed by atoms with Gasteiger partial charge in [0.15, 0.2) is 0 Å². The second kappa shape index (κ2) is 9.96. The molecule has 0 spiro atoms. The zero-order valence-corrected chi connectivity index (χ0v) is 18.7. The second-order valence-corrected chi connectivity index (χ2v) is 8.21. The van der Waals surface area contributed by atoms with E-state index in [1.165, 1.54) is 17.8 Å². The minimum Gasteiger partial charge on any atom is -0.369 e. The summed E-state index contributed by atoms with van der Waals surface area (Å²) in [6, 6.07) is 16.6. The standard InChI is InChI=1S/C25H30FN5O/c1-19-24(20(2)31(28-19)23-11-9-21(26)10-12-23)25(32)27-13-6-14-29-15-17-30(18-16-29)22-7-4-3-5-8-22/h3-5,7-12H,6,13-18H2,1-2H3,(H,27,32). The largest absolute Gasteiger partial charge is 0.369 e. The molecule has 1 saturated heterocycles. The van der Waals surface area contributed by atoms with Crippen molar-refractivity contribution < 1.29 is 9.18 Å². The van der Waals surface area contributed by atoms with Gasteiger partial charge in [-0.05, 0) is 63.2 Å². The zero-order chi connectivity index (χ0) is 22.5. The van der Waals surface area contributed by atoms with E-state index in [0.29, 0.717) is 17.8 Å². The first kappa shape index (κ1) is 22.0. The molecule has 4 rings (SSSR count). The van der Waals surface area contributed by atoms with Gasteiger partial charge < -0.3 is 10.2 Å². The molecule has 1 aromatic heterocycles. The maximum Gasteiger partial charge on any atom is 0.255 e. The Kier molecular flexibility index (Phi) is 6.85. The minimum atomic E-state index is -0.297. The van der Waals surface area contributed by atoms with Crippen molar-refractivity contribution in [3.63, 3.8) is 0 Å². The van der Waals surface area contributed by atoms with Gasteiger partial charge in [0, 0.05) is 38.4 Å². The fourth-order valence-corrected chi connectivity index (χ4v) is 4.27. The fraction of sp³-hybridized carbons (Fsp3) is 0.360. The van der Waals surface area contributed by atoms with Gasteiger partial charge in [-0.3, -0.25) is 9.69 Å². The number of carbonyl (C=O) groups is 1. The summed E-state index contributed by atoms with van der Waals surface area (Å²) in [6.45, 7) is 9.40. The number of anilines is 1. The molecular weight excluding hydrogens is 405 g/mol. The van der Waals surface area contributed by atoms with Gasteiger partial charge in [0.25, 0.3) is 5.91 Å². The summed E-state index contributed by atoms with van der Waals surface area (Å²) in [5, 5.41) is 7.52.